The predicted molar refractivity (Wildman–Crippen MR) is 162 cm³/mol. The van der Waals surface area contributed by atoms with E-state index in [0.29, 0.717) is 18.4 Å². The predicted octanol–water partition coefficient (Wildman–Crippen LogP) is 5.49. The van der Waals surface area contributed by atoms with Crippen LogP contribution in [0.15, 0.2) is 42.6 Å². The van der Waals surface area contributed by atoms with E-state index in [-0.39, 0.29) is 71.9 Å². The average Bonchev–Trinajstić information content (AvgIpc) is 3.64. The number of hydrogen-bond donors (Lipinski definition) is 2. The van der Waals surface area contributed by atoms with E-state index in [1.165, 1.54) is 13.1 Å². The molecule has 12 nitrogen and oxygen atoms in total. The summed E-state index contributed by atoms with van der Waals surface area (Å²) in [6, 6.07) is 8.48. The van der Waals surface area contributed by atoms with Gasteiger partial charge in [-0.2, -0.15) is 4.98 Å². The quantitative estimate of drug-likeness (QED) is 0.188. The van der Waals surface area contributed by atoms with E-state index < -0.39 is 35.9 Å². The lowest BCUT2D eigenvalue weighted by atomic mass is 10.0. The minimum atomic E-state index is -5.14. The molecule has 0 bridgehead atoms. The Morgan fingerprint density at radius 1 is 1.06 bits per heavy atom. The van der Waals surface area contributed by atoms with Gasteiger partial charge >= 0.3 is 18.3 Å². The number of anilines is 3. The molecule has 0 unspecified atom stereocenters. The summed E-state index contributed by atoms with van der Waals surface area (Å²) >= 11 is 0. The van der Waals surface area contributed by atoms with Gasteiger partial charge in [-0.15, -0.1) is 13.2 Å². The van der Waals surface area contributed by atoms with Gasteiger partial charge in [0.05, 0.1) is 35.5 Å². The number of nitrogens with zero attached hydrogens (tertiary/aromatic N) is 4. The number of alkyl halides is 3. The zero-order chi connectivity index (χ0) is 33.9. The molecular formula is C32H32F3N5O7. The van der Waals surface area contributed by atoms with Crippen molar-refractivity contribution < 1.29 is 46.9 Å². The highest BCUT2D eigenvalue weighted by atomic mass is 19.4. The fourth-order valence-electron chi connectivity index (χ4n) is 5.94. The Bertz CT molecular complexity index is 1670. The van der Waals surface area contributed by atoms with Crippen molar-refractivity contribution in [2.45, 2.75) is 64.9 Å². The molecule has 2 aliphatic rings. The van der Waals surface area contributed by atoms with E-state index in [2.05, 4.69) is 20.0 Å². The Balaban J connectivity index is 1.59. The first-order valence-electron chi connectivity index (χ1n) is 15.1. The topological polar surface area (TPSA) is 151 Å². The van der Waals surface area contributed by atoms with E-state index in [0.717, 1.165) is 29.9 Å². The van der Waals surface area contributed by atoms with E-state index in [9.17, 15) is 37.5 Å². The van der Waals surface area contributed by atoms with Gasteiger partial charge in [0.2, 0.25) is 5.95 Å². The molecule has 0 saturated heterocycles. The van der Waals surface area contributed by atoms with Crippen molar-refractivity contribution >= 4 is 41.2 Å². The highest BCUT2D eigenvalue weighted by molar-refractivity contribution is 6.21. The third-order valence-electron chi connectivity index (χ3n) is 8.00. The summed E-state index contributed by atoms with van der Waals surface area (Å²) in [6.45, 7) is 2.82. The van der Waals surface area contributed by atoms with Crippen LogP contribution in [0, 0.1) is 0 Å². The smallest absolute Gasteiger partial charge is 0.478 e. The number of ether oxygens (including phenoxy) is 2. The third-order valence-corrected chi connectivity index (χ3v) is 8.00. The van der Waals surface area contributed by atoms with Crippen LogP contribution in [0.1, 0.15) is 81.7 Å². The molecule has 0 atom stereocenters. The number of fused-ring (bicyclic) bond motifs is 1. The van der Waals surface area contributed by atoms with Crippen LogP contribution in [0.5, 0.6) is 5.75 Å². The molecule has 0 radical (unpaired) electrons. The number of carboxylic acid groups (broad SMARTS) is 1. The zero-order valence-electron chi connectivity index (χ0n) is 25.6. The molecule has 248 valence electrons. The first-order chi connectivity index (χ1) is 22.4. The van der Waals surface area contributed by atoms with E-state index in [1.807, 2.05) is 0 Å². The second kappa shape index (κ2) is 13.6. The van der Waals surface area contributed by atoms with Crippen LogP contribution in [0.25, 0.3) is 0 Å². The lowest BCUT2D eigenvalue weighted by molar-refractivity contribution is -0.274. The van der Waals surface area contributed by atoms with Crippen LogP contribution in [0.4, 0.5) is 30.6 Å². The highest BCUT2D eigenvalue weighted by Crippen LogP contribution is 2.39. The van der Waals surface area contributed by atoms with Gasteiger partial charge in [0, 0.05) is 23.4 Å². The third kappa shape index (κ3) is 7.13. The van der Waals surface area contributed by atoms with Crippen LogP contribution >= 0.6 is 0 Å². The number of aromatic nitrogens is 2. The van der Waals surface area contributed by atoms with Crippen molar-refractivity contribution in [2.24, 2.45) is 0 Å². The minimum absolute atomic E-state index is 0.0944. The molecule has 2 aromatic carbocycles. The van der Waals surface area contributed by atoms with Gasteiger partial charge in [0.1, 0.15) is 12.4 Å². The molecule has 1 fully saturated rings. The maximum absolute atomic E-state index is 13.5. The van der Waals surface area contributed by atoms with Crippen molar-refractivity contribution in [3.8, 4) is 5.75 Å². The van der Waals surface area contributed by atoms with Crippen molar-refractivity contribution in [1.29, 1.82) is 0 Å². The van der Waals surface area contributed by atoms with E-state index >= 15 is 0 Å². The number of carbonyl (C=O) groups excluding carboxylic acids is 3. The number of imide groups is 1. The summed E-state index contributed by atoms with van der Waals surface area (Å²) in [6.07, 6.45) is -0.736. The largest absolute Gasteiger partial charge is 0.573 e. The fourth-order valence-corrected chi connectivity index (χ4v) is 5.94. The normalized spacial score (nSPS) is 14.7. The van der Waals surface area contributed by atoms with Gasteiger partial charge in [-0.25, -0.2) is 9.78 Å². The lowest BCUT2D eigenvalue weighted by Crippen LogP contribution is -2.40. The number of amides is 2. The van der Waals surface area contributed by atoms with Gasteiger partial charge < -0.3 is 24.8 Å². The molecule has 3 aromatic rings. The number of hydrogen-bond acceptors (Lipinski definition) is 10. The molecule has 0 spiro atoms. The Labute approximate surface area is 267 Å². The number of rotatable bonds is 12. The van der Waals surface area contributed by atoms with Crippen molar-refractivity contribution in [3.63, 3.8) is 0 Å². The van der Waals surface area contributed by atoms with Crippen molar-refractivity contribution in [2.75, 3.05) is 23.4 Å². The second-order valence-electron chi connectivity index (χ2n) is 11.0. The monoisotopic (exact) mass is 655 g/mol. The minimum Gasteiger partial charge on any atom is -0.478 e. The van der Waals surface area contributed by atoms with Crippen molar-refractivity contribution in [3.05, 3.63) is 70.4 Å². The number of esters is 1. The standard InChI is InChI=1S/C32H32F3N5O7/c1-3-20-23(30(44)45)13-14-24(26(20)47-32(33,34)35)37-31-36-15-18(16-40-28(42)21-11-7-8-12-22(21)29(40)43)27(38-31)39(17-25(41)46-4-2)19-9-5-6-10-19/h7-8,11-15,19H,3-6,9-10,16-17H2,1-2H3,(H,44,45)(H,36,37,38). The molecule has 1 saturated carbocycles. The maximum Gasteiger partial charge on any atom is 0.573 e. The summed E-state index contributed by atoms with van der Waals surface area (Å²) in [4.78, 5) is 62.7. The number of nitrogens with one attached hydrogen (secondary N) is 1. The fraction of sp³-hybridized carbons (Fsp3) is 0.375. The van der Waals surface area contributed by atoms with Crippen molar-refractivity contribution in [1.82, 2.24) is 14.9 Å². The average molecular weight is 656 g/mol. The van der Waals surface area contributed by atoms with E-state index in [1.54, 1.807) is 36.1 Å². The number of aromatic carboxylic acids is 1. The molecule has 2 N–H and O–H groups in total. The molecule has 2 heterocycles. The number of benzene rings is 2. The lowest BCUT2D eigenvalue weighted by Gasteiger charge is -2.31. The number of carboxylic acids is 1. The van der Waals surface area contributed by atoms with Crippen LogP contribution in [0.3, 0.4) is 0 Å². The molecule has 1 aromatic heterocycles. The van der Waals surface area contributed by atoms with Gasteiger partial charge in [-0.1, -0.05) is 31.9 Å². The summed E-state index contributed by atoms with van der Waals surface area (Å²) in [5.41, 5.74) is -0.0175. The first-order valence-corrected chi connectivity index (χ1v) is 15.1. The Morgan fingerprint density at radius 3 is 2.30 bits per heavy atom. The molecule has 1 aliphatic heterocycles. The second-order valence-corrected chi connectivity index (χ2v) is 11.0. The molecule has 1 aliphatic carbocycles. The Morgan fingerprint density at radius 2 is 1.72 bits per heavy atom. The molecule has 47 heavy (non-hydrogen) atoms. The Hall–Kier alpha value is -5.21. The van der Waals surface area contributed by atoms with Crippen LogP contribution in [0.2, 0.25) is 0 Å². The van der Waals surface area contributed by atoms with E-state index in [4.69, 9.17) is 4.74 Å². The summed E-state index contributed by atoms with van der Waals surface area (Å²) in [5.74, 6) is -3.78. The van der Waals surface area contributed by atoms with Gasteiger partial charge in [-0.3, -0.25) is 19.3 Å². The maximum atomic E-state index is 13.5. The summed E-state index contributed by atoms with van der Waals surface area (Å²) < 4.78 is 50.0. The molecular weight excluding hydrogens is 623 g/mol. The van der Waals surface area contributed by atoms with Crippen LogP contribution in [-0.2, 0) is 22.5 Å². The Kier molecular flexibility index (Phi) is 9.63. The SMILES string of the molecule is CCOC(=O)CN(c1nc(Nc2ccc(C(=O)O)c(CC)c2OC(F)(F)F)ncc1CN1C(=O)c2ccccc2C1=O)C1CCCC1. The molecule has 15 heteroatoms. The summed E-state index contributed by atoms with van der Waals surface area (Å²) in [7, 11) is 0. The molecule has 2 amide bonds. The first kappa shape index (κ1) is 33.2. The van der Waals surface area contributed by atoms with Gasteiger partial charge in [0.15, 0.2) is 5.75 Å². The highest BCUT2D eigenvalue weighted by Gasteiger charge is 2.38. The molecule has 5 rings (SSSR count). The number of halogens is 3. The van der Waals surface area contributed by atoms with Crippen LogP contribution in [-0.4, -0.2) is 69.3 Å². The van der Waals surface area contributed by atoms with Gasteiger partial charge in [-0.05, 0) is 50.5 Å². The number of carbonyl (C=O) groups is 4. The van der Waals surface area contributed by atoms with Gasteiger partial charge in [0.25, 0.3) is 11.8 Å². The zero-order valence-corrected chi connectivity index (χ0v) is 25.6. The summed E-state index contributed by atoms with van der Waals surface area (Å²) in [5, 5.41) is 12.3. The van der Waals surface area contributed by atoms with Crippen LogP contribution < -0.4 is 15.0 Å².